The Morgan fingerprint density at radius 3 is 2.38 bits per heavy atom. The Hall–Kier alpha value is -4.83. The van der Waals surface area contributed by atoms with E-state index in [0.29, 0.717) is 71.6 Å². The third-order valence-electron chi connectivity index (χ3n) is 8.39. The summed E-state index contributed by atoms with van der Waals surface area (Å²) in [5.41, 5.74) is 13.0. The van der Waals surface area contributed by atoms with Crippen LogP contribution in [0.4, 0.5) is 13.2 Å². The van der Waals surface area contributed by atoms with Gasteiger partial charge in [0, 0.05) is 12.5 Å². The van der Waals surface area contributed by atoms with E-state index in [1.807, 2.05) is 18.2 Å². The van der Waals surface area contributed by atoms with Crippen molar-refractivity contribution in [3.05, 3.63) is 123 Å². The summed E-state index contributed by atoms with van der Waals surface area (Å²) in [4.78, 5) is 18.3. The molecule has 2 N–H and O–H groups in total. The molecule has 0 spiro atoms. The van der Waals surface area contributed by atoms with Crippen LogP contribution in [0.1, 0.15) is 76.3 Å². The van der Waals surface area contributed by atoms with Crippen LogP contribution >= 0.6 is 0 Å². The Kier molecular flexibility index (Phi) is 9.22. The summed E-state index contributed by atoms with van der Waals surface area (Å²) >= 11 is 0. The van der Waals surface area contributed by atoms with Crippen LogP contribution in [0.2, 0.25) is 0 Å². The summed E-state index contributed by atoms with van der Waals surface area (Å²) in [7, 11) is 0. The molecule has 47 heavy (non-hydrogen) atoms. The van der Waals surface area contributed by atoms with Gasteiger partial charge >= 0.3 is 0 Å². The fourth-order valence-corrected chi connectivity index (χ4v) is 6.23. The van der Waals surface area contributed by atoms with E-state index in [1.165, 1.54) is 18.2 Å². The minimum absolute atomic E-state index is 0.135. The number of ether oxygens (including phenoxy) is 1. The molecule has 1 aliphatic carbocycles. The fourth-order valence-electron chi connectivity index (χ4n) is 6.23. The van der Waals surface area contributed by atoms with Crippen molar-refractivity contribution in [3.63, 3.8) is 0 Å². The molecule has 242 valence electrons. The van der Waals surface area contributed by atoms with Crippen LogP contribution in [0.25, 0.3) is 22.6 Å². The Labute approximate surface area is 271 Å². The third kappa shape index (κ3) is 6.97. The zero-order chi connectivity index (χ0) is 33.2. The second kappa shape index (κ2) is 13.5. The van der Waals surface area contributed by atoms with Crippen molar-refractivity contribution in [2.75, 3.05) is 0 Å². The van der Waals surface area contributed by atoms with E-state index < -0.39 is 17.5 Å². The first-order chi connectivity index (χ1) is 22.6. The van der Waals surface area contributed by atoms with Crippen molar-refractivity contribution in [2.45, 2.75) is 65.6 Å². The van der Waals surface area contributed by atoms with Gasteiger partial charge in [-0.1, -0.05) is 50.2 Å². The average Bonchev–Trinajstić information content (AvgIpc) is 3.65. The molecular weight excluding hydrogens is 605 g/mol. The summed E-state index contributed by atoms with van der Waals surface area (Å²) in [6.45, 7) is 5.93. The first-order valence-electron chi connectivity index (χ1n) is 15.7. The second-order valence-corrected chi connectivity index (χ2v) is 12.3. The predicted molar refractivity (Wildman–Crippen MR) is 171 cm³/mol. The summed E-state index contributed by atoms with van der Waals surface area (Å²) in [5.74, 6) is -1.96. The lowest BCUT2D eigenvalue weighted by Gasteiger charge is -2.21. The molecule has 0 fully saturated rings. The van der Waals surface area contributed by atoms with Crippen molar-refractivity contribution >= 4 is 5.91 Å². The number of hydrogen-bond donors (Lipinski definition) is 1. The molecular formula is C37H35F3N4O3. The average molecular weight is 641 g/mol. The van der Waals surface area contributed by atoms with Gasteiger partial charge in [-0.3, -0.25) is 9.78 Å². The second-order valence-electron chi connectivity index (χ2n) is 12.3. The summed E-state index contributed by atoms with van der Waals surface area (Å²) in [5, 5.41) is 8.41. The van der Waals surface area contributed by atoms with Crippen molar-refractivity contribution in [2.24, 2.45) is 11.7 Å². The van der Waals surface area contributed by atoms with Crippen molar-refractivity contribution in [1.82, 2.24) is 15.2 Å². The van der Waals surface area contributed by atoms with E-state index >= 15 is 0 Å². The quantitative estimate of drug-likeness (QED) is 0.158. The van der Waals surface area contributed by atoms with E-state index in [0.717, 1.165) is 34.4 Å². The molecule has 0 bridgehead atoms. The number of aryl methyl sites for hydroxylation is 4. The Balaban J connectivity index is 1.44. The molecule has 5 aromatic rings. The van der Waals surface area contributed by atoms with Crippen LogP contribution < -0.4 is 5.73 Å². The number of carbonyl (C=O) groups excluding carboxylic acids is 1. The largest absolute Gasteiger partial charge is 0.421 e. The van der Waals surface area contributed by atoms with E-state index in [9.17, 15) is 18.0 Å². The van der Waals surface area contributed by atoms with Crippen LogP contribution in [0.15, 0.2) is 65.1 Å². The Morgan fingerprint density at radius 2 is 1.70 bits per heavy atom. The molecule has 6 rings (SSSR count). The van der Waals surface area contributed by atoms with Gasteiger partial charge in [0.05, 0.1) is 35.2 Å². The number of nitrogens with two attached hydrogens (primary N) is 1. The van der Waals surface area contributed by atoms with Gasteiger partial charge in [-0.25, -0.2) is 13.2 Å². The van der Waals surface area contributed by atoms with Gasteiger partial charge in [-0.05, 0) is 90.1 Å². The molecule has 1 atom stereocenters. The van der Waals surface area contributed by atoms with Gasteiger partial charge in [0.1, 0.15) is 5.82 Å². The Morgan fingerprint density at radius 1 is 0.936 bits per heavy atom. The molecule has 1 amide bonds. The highest BCUT2D eigenvalue weighted by molar-refractivity contribution is 6.05. The molecule has 3 aromatic carbocycles. The molecule has 0 saturated heterocycles. The number of pyridine rings is 1. The summed E-state index contributed by atoms with van der Waals surface area (Å²) in [6.07, 6.45) is 2.73. The lowest BCUT2D eigenvalue weighted by molar-refractivity contribution is 0.0409. The van der Waals surface area contributed by atoms with Gasteiger partial charge < -0.3 is 14.9 Å². The SMILES string of the molecule is Cc1nnc(-c2c(CCc3ccc(F)cc3)nc(CC(C)C)c(C(N)=O)c2-c2ccc3c(c2)CCC3OCc2ccc(F)c(F)c2)o1. The maximum Gasteiger partial charge on any atom is 0.251 e. The fraction of sp³-hybridized carbons (Fsp3) is 0.297. The lowest BCUT2D eigenvalue weighted by Crippen LogP contribution is -2.20. The lowest BCUT2D eigenvalue weighted by atomic mass is 9.87. The van der Waals surface area contributed by atoms with Crippen molar-refractivity contribution < 1.29 is 27.1 Å². The maximum atomic E-state index is 13.7. The molecule has 2 aromatic heterocycles. The number of amides is 1. The minimum Gasteiger partial charge on any atom is -0.421 e. The number of benzene rings is 3. The number of rotatable bonds is 11. The van der Waals surface area contributed by atoms with E-state index in [4.69, 9.17) is 19.9 Å². The summed E-state index contributed by atoms with van der Waals surface area (Å²) < 4.78 is 52.9. The van der Waals surface area contributed by atoms with Crippen LogP contribution in [0.3, 0.4) is 0 Å². The normalized spacial score (nSPS) is 14.1. The number of carbonyl (C=O) groups is 1. The number of aromatic nitrogens is 3. The van der Waals surface area contributed by atoms with E-state index in [1.54, 1.807) is 19.1 Å². The molecule has 1 aliphatic rings. The van der Waals surface area contributed by atoms with Crippen molar-refractivity contribution in [3.8, 4) is 22.6 Å². The molecule has 2 heterocycles. The molecule has 1 unspecified atom stereocenters. The predicted octanol–water partition coefficient (Wildman–Crippen LogP) is 7.81. The topological polar surface area (TPSA) is 104 Å². The number of hydrogen-bond acceptors (Lipinski definition) is 6. The summed E-state index contributed by atoms with van der Waals surface area (Å²) in [6, 6.07) is 16.0. The molecule has 7 nitrogen and oxygen atoms in total. The van der Waals surface area contributed by atoms with Gasteiger partial charge in [0.15, 0.2) is 11.6 Å². The smallest absolute Gasteiger partial charge is 0.251 e. The number of nitrogens with zero attached hydrogens (tertiary/aromatic N) is 3. The molecule has 10 heteroatoms. The van der Waals surface area contributed by atoms with Gasteiger partial charge in [0.2, 0.25) is 11.8 Å². The zero-order valence-corrected chi connectivity index (χ0v) is 26.4. The molecule has 0 saturated carbocycles. The van der Waals surface area contributed by atoms with E-state index in [-0.39, 0.29) is 30.3 Å². The van der Waals surface area contributed by atoms with Crippen LogP contribution in [-0.4, -0.2) is 21.1 Å². The number of halogens is 3. The monoisotopic (exact) mass is 640 g/mol. The highest BCUT2D eigenvalue weighted by Crippen LogP contribution is 2.42. The molecule has 0 aliphatic heterocycles. The highest BCUT2D eigenvalue weighted by Gasteiger charge is 2.30. The third-order valence-corrected chi connectivity index (χ3v) is 8.39. The first-order valence-corrected chi connectivity index (χ1v) is 15.7. The van der Waals surface area contributed by atoms with Gasteiger partial charge in [-0.2, -0.15) is 0 Å². The van der Waals surface area contributed by atoms with E-state index in [2.05, 4.69) is 24.0 Å². The zero-order valence-electron chi connectivity index (χ0n) is 26.4. The van der Waals surface area contributed by atoms with Crippen LogP contribution in [0.5, 0.6) is 0 Å². The highest BCUT2D eigenvalue weighted by atomic mass is 19.2. The van der Waals surface area contributed by atoms with Crippen LogP contribution in [0, 0.1) is 30.3 Å². The number of fused-ring (bicyclic) bond motifs is 1. The standard InChI is InChI=1S/C37H35F3N4O3/c1-20(2)16-31-34(36(41)45)33(35(37-44-43-21(3)47-37)30(42-31)14-7-22-4-10-26(38)11-5-22)25-8-12-27-24(18-25)9-15-32(27)46-19-23-6-13-28(39)29(40)17-23/h4-6,8,10-13,17-18,20,32H,7,9,14-16,19H2,1-3H3,(H2,41,45). The van der Waals surface area contributed by atoms with Crippen LogP contribution in [-0.2, 0) is 37.0 Å². The van der Waals surface area contributed by atoms with Gasteiger partial charge in [0.25, 0.3) is 5.91 Å². The minimum atomic E-state index is -0.911. The first kappa shape index (κ1) is 32.1. The van der Waals surface area contributed by atoms with Gasteiger partial charge in [-0.15, -0.1) is 10.2 Å². The number of primary amides is 1. The Bertz CT molecular complexity index is 1940. The van der Waals surface area contributed by atoms with Crippen molar-refractivity contribution in [1.29, 1.82) is 0 Å². The molecule has 0 radical (unpaired) electrons. The maximum absolute atomic E-state index is 13.7.